The minimum atomic E-state index is -3.44. The van der Waals surface area contributed by atoms with Crippen LogP contribution in [-0.4, -0.2) is 48.4 Å². The van der Waals surface area contributed by atoms with Crippen LogP contribution in [0.25, 0.3) is 0 Å². The number of imidazole rings is 1. The SMILES string of the molecule is CCCN(C1CCCNC1)S(=O)(=O)c1cnc[nH]1. The maximum Gasteiger partial charge on any atom is 0.260 e. The molecule has 1 aliphatic heterocycles. The van der Waals surface area contributed by atoms with E-state index in [2.05, 4.69) is 15.3 Å². The van der Waals surface area contributed by atoms with Crippen LogP contribution in [0.3, 0.4) is 0 Å². The zero-order valence-corrected chi connectivity index (χ0v) is 11.4. The highest BCUT2D eigenvalue weighted by Crippen LogP contribution is 2.20. The van der Waals surface area contributed by atoms with Gasteiger partial charge in [0.2, 0.25) is 0 Å². The molecule has 0 bridgehead atoms. The van der Waals surface area contributed by atoms with Crippen LogP contribution in [0, 0.1) is 0 Å². The van der Waals surface area contributed by atoms with Crippen LogP contribution in [-0.2, 0) is 10.0 Å². The number of nitrogens with zero attached hydrogens (tertiary/aromatic N) is 2. The van der Waals surface area contributed by atoms with Crippen molar-refractivity contribution in [3.63, 3.8) is 0 Å². The topological polar surface area (TPSA) is 78.1 Å². The number of hydrogen-bond donors (Lipinski definition) is 2. The van der Waals surface area contributed by atoms with Crippen LogP contribution >= 0.6 is 0 Å². The van der Waals surface area contributed by atoms with Gasteiger partial charge >= 0.3 is 0 Å². The Kier molecular flexibility index (Phi) is 4.36. The molecule has 1 unspecified atom stereocenters. The van der Waals surface area contributed by atoms with E-state index < -0.39 is 10.0 Å². The van der Waals surface area contributed by atoms with Gasteiger partial charge in [0.05, 0.1) is 12.5 Å². The molecule has 2 rings (SSSR count). The number of hydrogen-bond acceptors (Lipinski definition) is 4. The molecule has 1 aromatic rings. The average molecular weight is 272 g/mol. The molecule has 0 saturated carbocycles. The molecule has 102 valence electrons. The molecule has 1 atom stereocenters. The maximum absolute atomic E-state index is 12.5. The Morgan fingerprint density at radius 2 is 2.39 bits per heavy atom. The van der Waals surface area contributed by atoms with Crippen molar-refractivity contribution in [2.45, 2.75) is 37.3 Å². The number of aromatic nitrogens is 2. The first kappa shape index (κ1) is 13.5. The summed E-state index contributed by atoms with van der Waals surface area (Å²) < 4.78 is 26.6. The fraction of sp³-hybridized carbons (Fsp3) is 0.727. The standard InChI is InChI=1S/C11H20N4O2S/c1-2-6-15(10-4-3-5-12-7-10)18(16,17)11-8-13-9-14-11/h8-10,12H,2-7H2,1H3,(H,13,14). The summed E-state index contributed by atoms with van der Waals surface area (Å²) in [5.74, 6) is 0. The van der Waals surface area contributed by atoms with E-state index in [1.807, 2.05) is 6.92 Å². The first-order chi connectivity index (χ1) is 8.66. The van der Waals surface area contributed by atoms with Crippen molar-refractivity contribution < 1.29 is 8.42 Å². The Hall–Kier alpha value is -0.920. The molecule has 0 aliphatic carbocycles. The third kappa shape index (κ3) is 2.73. The van der Waals surface area contributed by atoms with E-state index in [1.54, 1.807) is 4.31 Å². The Morgan fingerprint density at radius 1 is 1.56 bits per heavy atom. The lowest BCUT2D eigenvalue weighted by Crippen LogP contribution is -2.48. The smallest absolute Gasteiger partial charge is 0.260 e. The second kappa shape index (κ2) is 5.81. The number of rotatable bonds is 5. The summed E-state index contributed by atoms with van der Waals surface area (Å²) in [6, 6.07) is 0.0481. The summed E-state index contributed by atoms with van der Waals surface area (Å²) in [5, 5.41) is 3.44. The lowest BCUT2D eigenvalue weighted by Gasteiger charge is -2.33. The molecular weight excluding hydrogens is 252 g/mol. The van der Waals surface area contributed by atoms with Gasteiger partial charge in [-0.2, -0.15) is 4.31 Å². The van der Waals surface area contributed by atoms with E-state index in [1.165, 1.54) is 12.5 Å². The molecule has 18 heavy (non-hydrogen) atoms. The molecule has 0 amide bonds. The van der Waals surface area contributed by atoms with Crippen LogP contribution in [0.15, 0.2) is 17.6 Å². The molecule has 0 radical (unpaired) electrons. The molecule has 1 fully saturated rings. The Labute approximate surface area is 108 Å². The molecule has 1 saturated heterocycles. The van der Waals surface area contributed by atoms with E-state index in [0.717, 1.165) is 32.4 Å². The van der Waals surface area contributed by atoms with E-state index in [-0.39, 0.29) is 11.1 Å². The minimum absolute atomic E-state index is 0.0481. The Balaban J connectivity index is 2.23. The zero-order valence-electron chi connectivity index (χ0n) is 10.6. The van der Waals surface area contributed by atoms with Gasteiger partial charge in [-0.05, 0) is 25.8 Å². The largest absolute Gasteiger partial charge is 0.335 e. The third-order valence-electron chi connectivity index (χ3n) is 3.18. The van der Waals surface area contributed by atoms with E-state index >= 15 is 0 Å². The highest BCUT2D eigenvalue weighted by atomic mass is 32.2. The fourth-order valence-corrected chi connectivity index (χ4v) is 3.95. The van der Waals surface area contributed by atoms with Crippen LogP contribution in [0.1, 0.15) is 26.2 Å². The normalized spacial score (nSPS) is 21.3. The number of piperidine rings is 1. The number of H-pyrrole nitrogens is 1. The second-order valence-electron chi connectivity index (χ2n) is 4.53. The van der Waals surface area contributed by atoms with Gasteiger partial charge in [-0.25, -0.2) is 13.4 Å². The number of sulfonamides is 1. The molecule has 0 aromatic carbocycles. The van der Waals surface area contributed by atoms with Crippen LogP contribution in [0.2, 0.25) is 0 Å². The second-order valence-corrected chi connectivity index (χ2v) is 6.39. The van der Waals surface area contributed by atoms with E-state index in [9.17, 15) is 8.42 Å². The number of nitrogens with one attached hydrogen (secondary N) is 2. The molecule has 0 spiro atoms. The van der Waals surface area contributed by atoms with Gasteiger partial charge in [-0.1, -0.05) is 6.92 Å². The summed E-state index contributed by atoms with van der Waals surface area (Å²) >= 11 is 0. The summed E-state index contributed by atoms with van der Waals surface area (Å²) in [6.45, 7) is 4.24. The first-order valence-electron chi connectivity index (χ1n) is 6.37. The first-order valence-corrected chi connectivity index (χ1v) is 7.81. The van der Waals surface area contributed by atoms with Crippen molar-refractivity contribution in [2.75, 3.05) is 19.6 Å². The van der Waals surface area contributed by atoms with Gasteiger partial charge in [0.25, 0.3) is 10.0 Å². The van der Waals surface area contributed by atoms with Gasteiger partial charge in [0, 0.05) is 19.1 Å². The third-order valence-corrected chi connectivity index (χ3v) is 5.06. The van der Waals surface area contributed by atoms with Crippen molar-refractivity contribution in [1.29, 1.82) is 0 Å². The molecule has 6 nitrogen and oxygen atoms in total. The monoisotopic (exact) mass is 272 g/mol. The summed E-state index contributed by atoms with van der Waals surface area (Å²) in [6.07, 6.45) is 5.51. The fourth-order valence-electron chi connectivity index (χ4n) is 2.31. The van der Waals surface area contributed by atoms with Crippen molar-refractivity contribution in [1.82, 2.24) is 19.6 Å². The lowest BCUT2D eigenvalue weighted by molar-refractivity contribution is 0.265. The highest BCUT2D eigenvalue weighted by Gasteiger charge is 2.32. The molecule has 2 heterocycles. The van der Waals surface area contributed by atoms with Crippen molar-refractivity contribution >= 4 is 10.0 Å². The van der Waals surface area contributed by atoms with Gasteiger partial charge in [-0.15, -0.1) is 0 Å². The predicted octanol–water partition coefficient (Wildman–Crippen LogP) is 0.562. The summed E-state index contributed by atoms with van der Waals surface area (Å²) in [7, 11) is -3.44. The predicted molar refractivity (Wildman–Crippen MR) is 68.7 cm³/mol. The van der Waals surface area contributed by atoms with Gasteiger partial charge in [0.1, 0.15) is 0 Å². The molecule has 7 heteroatoms. The zero-order chi connectivity index (χ0) is 13.0. The van der Waals surface area contributed by atoms with Crippen molar-refractivity contribution in [3.8, 4) is 0 Å². The van der Waals surface area contributed by atoms with Crippen LogP contribution in [0.5, 0.6) is 0 Å². The van der Waals surface area contributed by atoms with Crippen molar-refractivity contribution in [3.05, 3.63) is 12.5 Å². The Morgan fingerprint density at radius 3 is 2.94 bits per heavy atom. The Bertz CT molecular complexity index is 451. The van der Waals surface area contributed by atoms with E-state index in [0.29, 0.717) is 6.54 Å². The maximum atomic E-state index is 12.5. The minimum Gasteiger partial charge on any atom is -0.335 e. The molecule has 2 N–H and O–H groups in total. The quantitative estimate of drug-likeness (QED) is 0.821. The highest BCUT2D eigenvalue weighted by molar-refractivity contribution is 7.89. The average Bonchev–Trinajstić information content (AvgIpc) is 2.91. The van der Waals surface area contributed by atoms with E-state index in [4.69, 9.17) is 0 Å². The van der Waals surface area contributed by atoms with Crippen molar-refractivity contribution in [2.24, 2.45) is 0 Å². The van der Waals surface area contributed by atoms with Gasteiger partial charge in [0.15, 0.2) is 5.03 Å². The molecular formula is C11H20N4O2S. The lowest BCUT2D eigenvalue weighted by atomic mass is 10.1. The number of aromatic amines is 1. The molecule has 1 aliphatic rings. The van der Waals surface area contributed by atoms with Gasteiger partial charge < -0.3 is 10.3 Å². The molecule has 1 aromatic heterocycles. The van der Waals surface area contributed by atoms with Crippen LogP contribution in [0.4, 0.5) is 0 Å². The van der Waals surface area contributed by atoms with Gasteiger partial charge in [-0.3, -0.25) is 0 Å². The summed E-state index contributed by atoms with van der Waals surface area (Å²) in [4.78, 5) is 6.49. The van der Waals surface area contributed by atoms with Crippen LogP contribution < -0.4 is 5.32 Å². The summed E-state index contributed by atoms with van der Waals surface area (Å²) in [5.41, 5.74) is 0.